The van der Waals surface area contributed by atoms with Gasteiger partial charge in [0.15, 0.2) is 0 Å². The summed E-state index contributed by atoms with van der Waals surface area (Å²) in [6.45, 7) is 2.76. The quantitative estimate of drug-likeness (QED) is 0.224. The molecule has 0 unspecified atom stereocenters. The van der Waals surface area contributed by atoms with E-state index in [0.717, 1.165) is 22.4 Å². The highest BCUT2D eigenvalue weighted by Gasteiger charge is 2.10. The lowest BCUT2D eigenvalue weighted by atomic mass is 10.0. The summed E-state index contributed by atoms with van der Waals surface area (Å²) in [5, 5.41) is 24.9. The van der Waals surface area contributed by atoms with Crippen molar-refractivity contribution in [2.45, 2.75) is 32.5 Å². The predicted molar refractivity (Wildman–Crippen MR) is 131 cm³/mol. The first-order valence-electron chi connectivity index (χ1n) is 11.1. The molecule has 1 atom stereocenters. The third-order valence-electron chi connectivity index (χ3n) is 5.06. The van der Waals surface area contributed by atoms with Crippen LogP contribution < -0.4 is 14.9 Å². The smallest absolute Gasteiger partial charge is 0.269 e. The van der Waals surface area contributed by atoms with Crippen LogP contribution >= 0.6 is 0 Å². The summed E-state index contributed by atoms with van der Waals surface area (Å²) < 4.78 is 11.1. The summed E-state index contributed by atoms with van der Waals surface area (Å²) in [6, 6.07) is 20.4. The first kappa shape index (κ1) is 25.4. The molecule has 0 heterocycles. The Kier molecular flexibility index (Phi) is 9.32. The molecule has 0 aromatic heterocycles. The number of nitrogens with zero attached hydrogens (tertiary/aromatic N) is 2. The van der Waals surface area contributed by atoms with E-state index in [9.17, 15) is 20.0 Å². The largest absolute Gasteiger partial charge is 0.494 e. The van der Waals surface area contributed by atoms with E-state index in [-0.39, 0.29) is 31.0 Å². The molecular formula is C26H27N3O6. The molecule has 1 amide bonds. The molecule has 0 saturated carbocycles. The lowest BCUT2D eigenvalue weighted by molar-refractivity contribution is -0.384. The second-order valence-electron chi connectivity index (χ2n) is 7.63. The first-order chi connectivity index (χ1) is 16.9. The van der Waals surface area contributed by atoms with E-state index >= 15 is 0 Å². The molecule has 0 aliphatic carbocycles. The van der Waals surface area contributed by atoms with Gasteiger partial charge in [-0.15, -0.1) is 0 Å². The van der Waals surface area contributed by atoms with Gasteiger partial charge in [-0.2, -0.15) is 5.10 Å². The van der Waals surface area contributed by atoms with Crippen molar-refractivity contribution in [3.63, 3.8) is 0 Å². The van der Waals surface area contributed by atoms with Gasteiger partial charge in [-0.05, 0) is 78.6 Å². The number of nitro benzene ring substituents is 1. The number of hydrazone groups is 1. The molecule has 9 nitrogen and oxygen atoms in total. The summed E-state index contributed by atoms with van der Waals surface area (Å²) in [4.78, 5) is 22.3. The molecule has 35 heavy (non-hydrogen) atoms. The lowest BCUT2D eigenvalue weighted by Crippen LogP contribution is -2.18. The molecule has 3 aromatic rings. The highest BCUT2D eigenvalue weighted by atomic mass is 16.6. The van der Waals surface area contributed by atoms with Crippen LogP contribution in [-0.2, 0) is 11.4 Å². The van der Waals surface area contributed by atoms with Crippen molar-refractivity contribution >= 4 is 17.8 Å². The minimum Gasteiger partial charge on any atom is -0.494 e. The zero-order valence-electron chi connectivity index (χ0n) is 19.3. The summed E-state index contributed by atoms with van der Waals surface area (Å²) in [5.74, 6) is 1.07. The number of non-ortho nitro benzene ring substituents is 1. The number of amides is 1. The Morgan fingerprint density at radius 2 is 1.66 bits per heavy atom. The van der Waals surface area contributed by atoms with Gasteiger partial charge in [-0.3, -0.25) is 14.9 Å². The highest BCUT2D eigenvalue weighted by Crippen LogP contribution is 2.21. The summed E-state index contributed by atoms with van der Waals surface area (Å²) in [5.41, 5.74) is 4.80. The minimum absolute atomic E-state index is 0.0355. The number of nitro groups is 1. The molecule has 2 N–H and O–H groups in total. The molecule has 9 heteroatoms. The van der Waals surface area contributed by atoms with E-state index < -0.39 is 11.0 Å². The SMILES string of the molecule is CCOc1ccc([C@@H](O)CCC(=O)N/N=C\c2ccc(OCc3ccc([N+](=O)[O-])cc3)cc2)cc1. The molecule has 3 rings (SSSR count). The van der Waals surface area contributed by atoms with Crippen LogP contribution in [-0.4, -0.2) is 28.8 Å². The van der Waals surface area contributed by atoms with Crippen LogP contribution in [0.15, 0.2) is 77.9 Å². The average Bonchev–Trinajstić information content (AvgIpc) is 2.87. The number of aliphatic hydroxyl groups excluding tert-OH is 1. The van der Waals surface area contributed by atoms with E-state index in [4.69, 9.17) is 9.47 Å². The molecule has 0 saturated heterocycles. The Hall–Kier alpha value is -4.24. The second-order valence-corrected chi connectivity index (χ2v) is 7.63. The van der Waals surface area contributed by atoms with Gasteiger partial charge < -0.3 is 14.6 Å². The van der Waals surface area contributed by atoms with Crippen LogP contribution in [0.2, 0.25) is 0 Å². The second kappa shape index (κ2) is 12.9. The van der Waals surface area contributed by atoms with Crippen molar-refractivity contribution in [2.24, 2.45) is 5.10 Å². The van der Waals surface area contributed by atoms with E-state index in [1.165, 1.54) is 18.3 Å². The molecule has 0 bridgehead atoms. The van der Waals surface area contributed by atoms with Crippen LogP contribution in [0.4, 0.5) is 5.69 Å². The fraction of sp³-hybridized carbons (Fsp3) is 0.231. The monoisotopic (exact) mass is 477 g/mol. The maximum Gasteiger partial charge on any atom is 0.269 e. The van der Waals surface area contributed by atoms with Gasteiger partial charge in [-0.25, -0.2) is 5.43 Å². The van der Waals surface area contributed by atoms with E-state index in [1.54, 1.807) is 60.7 Å². The number of aliphatic hydroxyl groups is 1. The fourth-order valence-electron chi connectivity index (χ4n) is 3.15. The summed E-state index contributed by atoms with van der Waals surface area (Å²) >= 11 is 0. The summed E-state index contributed by atoms with van der Waals surface area (Å²) in [7, 11) is 0. The molecule has 0 radical (unpaired) electrons. The average molecular weight is 478 g/mol. The van der Waals surface area contributed by atoms with E-state index in [0.29, 0.717) is 12.4 Å². The van der Waals surface area contributed by atoms with Crippen molar-refractivity contribution in [3.8, 4) is 11.5 Å². The van der Waals surface area contributed by atoms with Gasteiger partial charge in [0.1, 0.15) is 18.1 Å². The number of benzene rings is 3. The first-order valence-corrected chi connectivity index (χ1v) is 11.1. The Morgan fingerprint density at radius 3 is 2.29 bits per heavy atom. The number of ether oxygens (including phenoxy) is 2. The van der Waals surface area contributed by atoms with Crippen molar-refractivity contribution < 1.29 is 24.3 Å². The van der Waals surface area contributed by atoms with Gasteiger partial charge in [0, 0.05) is 18.6 Å². The third kappa shape index (κ3) is 8.24. The van der Waals surface area contributed by atoms with Gasteiger partial charge in [0.2, 0.25) is 5.91 Å². The van der Waals surface area contributed by atoms with Crippen molar-refractivity contribution in [1.29, 1.82) is 0 Å². The van der Waals surface area contributed by atoms with E-state index in [2.05, 4.69) is 10.5 Å². The Balaban J connectivity index is 1.39. The topological polar surface area (TPSA) is 123 Å². The number of hydrogen-bond donors (Lipinski definition) is 2. The van der Waals surface area contributed by atoms with Crippen LogP contribution in [0.5, 0.6) is 11.5 Å². The van der Waals surface area contributed by atoms with Crippen molar-refractivity contribution in [2.75, 3.05) is 6.61 Å². The van der Waals surface area contributed by atoms with Crippen LogP contribution in [0.1, 0.15) is 42.6 Å². The van der Waals surface area contributed by atoms with Gasteiger partial charge in [0.05, 0.1) is 23.8 Å². The number of hydrogen-bond acceptors (Lipinski definition) is 7. The maximum absolute atomic E-state index is 12.0. The Morgan fingerprint density at radius 1 is 1.03 bits per heavy atom. The Bertz CT molecular complexity index is 1130. The highest BCUT2D eigenvalue weighted by molar-refractivity contribution is 5.82. The minimum atomic E-state index is -0.751. The van der Waals surface area contributed by atoms with Crippen LogP contribution in [0.3, 0.4) is 0 Å². The lowest BCUT2D eigenvalue weighted by Gasteiger charge is -2.11. The third-order valence-corrected chi connectivity index (χ3v) is 5.06. The molecule has 0 aliphatic rings. The molecule has 0 fully saturated rings. The van der Waals surface area contributed by atoms with Gasteiger partial charge >= 0.3 is 0 Å². The number of rotatable bonds is 12. The molecule has 0 spiro atoms. The van der Waals surface area contributed by atoms with Crippen molar-refractivity contribution in [3.05, 3.63) is 99.6 Å². The van der Waals surface area contributed by atoms with Crippen molar-refractivity contribution in [1.82, 2.24) is 5.43 Å². The van der Waals surface area contributed by atoms with Crippen LogP contribution in [0.25, 0.3) is 0 Å². The molecule has 182 valence electrons. The number of carbonyl (C=O) groups is 1. The fourth-order valence-corrected chi connectivity index (χ4v) is 3.15. The standard InChI is InChI=1S/C26H27N3O6/c1-2-34-23-13-7-21(8-14-23)25(30)15-16-26(31)28-27-17-19-5-11-24(12-6-19)35-18-20-3-9-22(10-4-20)29(32)33/h3-14,17,25,30H,2,15-16,18H2,1H3,(H,28,31)/b27-17-/t25-/m0/s1. The normalized spacial score (nSPS) is 11.7. The molecule has 0 aliphatic heterocycles. The molecular weight excluding hydrogens is 450 g/mol. The number of nitrogens with one attached hydrogen (secondary N) is 1. The zero-order valence-corrected chi connectivity index (χ0v) is 19.3. The zero-order chi connectivity index (χ0) is 25.0. The maximum atomic E-state index is 12.0. The van der Waals surface area contributed by atoms with Gasteiger partial charge in [-0.1, -0.05) is 12.1 Å². The predicted octanol–water partition coefficient (Wildman–Crippen LogP) is 4.54. The Labute approximate surface area is 203 Å². The summed E-state index contributed by atoms with van der Waals surface area (Å²) in [6.07, 6.45) is 1.16. The number of carbonyl (C=O) groups excluding carboxylic acids is 1. The van der Waals surface area contributed by atoms with Crippen LogP contribution in [0, 0.1) is 10.1 Å². The molecule has 3 aromatic carbocycles. The van der Waals surface area contributed by atoms with Gasteiger partial charge in [0.25, 0.3) is 5.69 Å². The van der Waals surface area contributed by atoms with E-state index in [1.807, 2.05) is 6.92 Å².